The molecule has 1 unspecified atom stereocenters. The lowest BCUT2D eigenvalue weighted by molar-refractivity contribution is -0.148. The van der Waals surface area contributed by atoms with Gasteiger partial charge in [0.15, 0.2) is 0 Å². The van der Waals surface area contributed by atoms with Gasteiger partial charge in [-0.2, -0.15) is 0 Å². The van der Waals surface area contributed by atoms with Crippen molar-refractivity contribution in [3.63, 3.8) is 0 Å². The van der Waals surface area contributed by atoms with Crippen LogP contribution in [-0.2, 0) is 16.0 Å². The van der Waals surface area contributed by atoms with Crippen LogP contribution in [0.3, 0.4) is 0 Å². The van der Waals surface area contributed by atoms with E-state index in [4.69, 9.17) is 5.11 Å². The van der Waals surface area contributed by atoms with E-state index in [9.17, 15) is 9.59 Å². The molecule has 0 bridgehead atoms. The van der Waals surface area contributed by atoms with Crippen molar-refractivity contribution >= 4 is 11.9 Å². The highest BCUT2D eigenvalue weighted by atomic mass is 16.4. The zero-order valence-corrected chi connectivity index (χ0v) is 10.4. The average molecular weight is 247 g/mol. The van der Waals surface area contributed by atoms with Crippen molar-refractivity contribution in [2.45, 2.75) is 32.2 Å². The van der Waals surface area contributed by atoms with Crippen molar-refractivity contribution in [3.05, 3.63) is 35.4 Å². The van der Waals surface area contributed by atoms with Crippen molar-refractivity contribution in [3.8, 4) is 0 Å². The van der Waals surface area contributed by atoms with Crippen molar-refractivity contribution in [2.75, 3.05) is 6.54 Å². The van der Waals surface area contributed by atoms with Crippen LogP contribution in [0.1, 0.15) is 24.0 Å². The Morgan fingerprint density at radius 1 is 1.39 bits per heavy atom. The van der Waals surface area contributed by atoms with Crippen LogP contribution < -0.4 is 0 Å². The summed E-state index contributed by atoms with van der Waals surface area (Å²) in [5, 5.41) is 9.06. The largest absolute Gasteiger partial charge is 0.480 e. The smallest absolute Gasteiger partial charge is 0.326 e. The van der Waals surface area contributed by atoms with Gasteiger partial charge in [-0.05, 0) is 30.9 Å². The second-order valence-electron chi connectivity index (χ2n) is 4.69. The van der Waals surface area contributed by atoms with Crippen LogP contribution in [0.15, 0.2) is 24.3 Å². The summed E-state index contributed by atoms with van der Waals surface area (Å²) in [5.74, 6) is -0.986. The lowest BCUT2D eigenvalue weighted by Gasteiger charge is -2.21. The minimum Gasteiger partial charge on any atom is -0.480 e. The Hall–Kier alpha value is -1.84. The molecule has 4 nitrogen and oxygen atoms in total. The van der Waals surface area contributed by atoms with E-state index in [1.54, 1.807) is 0 Å². The average Bonchev–Trinajstić information content (AvgIpc) is 2.81. The summed E-state index contributed by atoms with van der Waals surface area (Å²) in [4.78, 5) is 24.7. The van der Waals surface area contributed by atoms with Gasteiger partial charge in [-0.3, -0.25) is 4.79 Å². The Labute approximate surface area is 106 Å². The lowest BCUT2D eigenvalue weighted by Crippen LogP contribution is -2.41. The van der Waals surface area contributed by atoms with Gasteiger partial charge in [0.05, 0.1) is 6.42 Å². The highest BCUT2D eigenvalue weighted by Crippen LogP contribution is 2.19. The summed E-state index contributed by atoms with van der Waals surface area (Å²) in [6.07, 6.45) is 1.63. The first kappa shape index (κ1) is 12.6. The molecule has 1 fully saturated rings. The standard InChI is InChI=1S/C14H17NO3/c1-10-5-2-3-6-11(10)9-13(16)15-8-4-7-12(15)14(17)18/h2-3,5-6,12H,4,7-9H2,1H3,(H,17,18). The highest BCUT2D eigenvalue weighted by molar-refractivity contribution is 5.85. The van der Waals surface area contributed by atoms with E-state index in [1.807, 2.05) is 31.2 Å². The number of likely N-dealkylation sites (tertiary alicyclic amines) is 1. The van der Waals surface area contributed by atoms with Crippen LogP contribution in [0.2, 0.25) is 0 Å². The molecule has 18 heavy (non-hydrogen) atoms. The third-order valence-corrected chi connectivity index (χ3v) is 3.46. The number of aliphatic carboxylic acids is 1. The number of hydrogen-bond acceptors (Lipinski definition) is 2. The Balaban J connectivity index is 2.08. The molecule has 0 aromatic heterocycles. The number of carboxylic acid groups (broad SMARTS) is 1. The molecule has 1 aliphatic heterocycles. The van der Waals surface area contributed by atoms with E-state index in [1.165, 1.54) is 4.90 Å². The molecule has 1 amide bonds. The van der Waals surface area contributed by atoms with E-state index in [-0.39, 0.29) is 12.3 Å². The quantitative estimate of drug-likeness (QED) is 0.882. The third-order valence-electron chi connectivity index (χ3n) is 3.46. The van der Waals surface area contributed by atoms with E-state index in [0.717, 1.165) is 17.5 Å². The molecular formula is C14H17NO3. The van der Waals surface area contributed by atoms with Gasteiger partial charge in [-0.1, -0.05) is 24.3 Å². The maximum Gasteiger partial charge on any atom is 0.326 e. The van der Waals surface area contributed by atoms with Crippen LogP contribution in [0.25, 0.3) is 0 Å². The molecule has 4 heteroatoms. The number of carbonyl (C=O) groups is 2. The number of aryl methyl sites for hydroxylation is 1. The second-order valence-corrected chi connectivity index (χ2v) is 4.69. The van der Waals surface area contributed by atoms with Crippen LogP contribution in [0.4, 0.5) is 0 Å². The lowest BCUT2D eigenvalue weighted by atomic mass is 10.1. The van der Waals surface area contributed by atoms with E-state index >= 15 is 0 Å². The first-order chi connectivity index (χ1) is 8.59. The predicted octanol–water partition coefficient (Wildman–Crippen LogP) is 1.61. The molecule has 0 spiro atoms. The van der Waals surface area contributed by atoms with Gasteiger partial charge in [-0.15, -0.1) is 0 Å². The third kappa shape index (κ3) is 2.53. The summed E-state index contributed by atoms with van der Waals surface area (Å²) in [7, 11) is 0. The summed E-state index contributed by atoms with van der Waals surface area (Å²) >= 11 is 0. The van der Waals surface area contributed by atoms with Gasteiger partial charge in [0, 0.05) is 6.54 Å². The Morgan fingerprint density at radius 2 is 2.11 bits per heavy atom. The molecule has 1 aliphatic rings. The molecule has 0 radical (unpaired) electrons. The zero-order valence-electron chi connectivity index (χ0n) is 10.4. The van der Waals surface area contributed by atoms with E-state index < -0.39 is 12.0 Å². The van der Waals surface area contributed by atoms with Crippen molar-refractivity contribution in [1.82, 2.24) is 4.90 Å². The van der Waals surface area contributed by atoms with Crippen LogP contribution >= 0.6 is 0 Å². The van der Waals surface area contributed by atoms with Crippen molar-refractivity contribution in [2.24, 2.45) is 0 Å². The van der Waals surface area contributed by atoms with Crippen molar-refractivity contribution in [1.29, 1.82) is 0 Å². The first-order valence-corrected chi connectivity index (χ1v) is 6.16. The Morgan fingerprint density at radius 3 is 2.78 bits per heavy atom. The number of benzene rings is 1. The van der Waals surface area contributed by atoms with Crippen LogP contribution in [0, 0.1) is 6.92 Å². The minimum absolute atomic E-state index is 0.0887. The van der Waals surface area contributed by atoms with Gasteiger partial charge in [0.2, 0.25) is 5.91 Å². The molecule has 2 rings (SSSR count). The Bertz CT molecular complexity index is 470. The minimum atomic E-state index is -0.898. The van der Waals surface area contributed by atoms with Gasteiger partial charge >= 0.3 is 5.97 Å². The topological polar surface area (TPSA) is 57.6 Å². The summed E-state index contributed by atoms with van der Waals surface area (Å²) in [6, 6.07) is 7.06. The fourth-order valence-corrected chi connectivity index (χ4v) is 2.39. The van der Waals surface area contributed by atoms with Gasteiger partial charge in [0.25, 0.3) is 0 Å². The number of carbonyl (C=O) groups excluding carboxylic acids is 1. The van der Waals surface area contributed by atoms with Gasteiger partial charge in [-0.25, -0.2) is 4.79 Å². The molecule has 1 saturated heterocycles. The SMILES string of the molecule is Cc1ccccc1CC(=O)N1CCCC1C(=O)O. The molecule has 1 heterocycles. The van der Waals surface area contributed by atoms with Crippen molar-refractivity contribution < 1.29 is 14.7 Å². The maximum atomic E-state index is 12.1. The van der Waals surface area contributed by atoms with Crippen LogP contribution in [0.5, 0.6) is 0 Å². The molecule has 1 N–H and O–H groups in total. The second kappa shape index (κ2) is 5.21. The molecule has 1 aromatic rings. The monoisotopic (exact) mass is 247 g/mol. The predicted molar refractivity (Wildman–Crippen MR) is 67.3 cm³/mol. The summed E-state index contributed by atoms with van der Waals surface area (Å²) in [5.41, 5.74) is 2.04. The first-order valence-electron chi connectivity index (χ1n) is 6.16. The normalized spacial score (nSPS) is 18.9. The molecule has 0 aliphatic carbocycles. The highest BCUT2D eigenvalue weighted by Gasteiger charge is 2.33. The number of amides is 1. The molecule has 1 aromatic carbocycles. The van der Waals surface area contributed by atoms with E-state index in [0.29, 0.717) is 13.0 Å². The zero-order chi connectivity index (χ0) is 13.1. The maximum absolute atomic E-state index is 12.1. The summed E-state index contributed by atoms with van der Waals surface area (Å²) < 4.78 is 0. The number of carboxylic acids is 1. The van der Waals surface area contributed by atoms with Gasteiger partial charge in [0.1, 0.15) is 6.04 Å². The van der Waals surface area contributed by atoms with E-state index in [2.05, 4.69) is 0 Å². The molecule has 0 saturated carbocycles. The van der Waals surface area contributed by atoms with Gasteiger partial charge < -0.3 is 10.0 Å². The molecule has 1 atom stereocenters. The Kier molecular flexibility index (Phi) is 3.65. The number of hydrogen-bond donors (Lipinski definition) is 1. The fraction of sp³-hybridized carbons (Fsp3) is 0.429. The summed E-state index contributed by atoms with van der Waals surface area (Å²) in [6.45, 7) is 2.52. The number of rotatable bonds is 3. The number of nitrogens with zero attached hydrogens (tertiary/aromatic N) is 1. The molecular weight excluding hydrogens is 230 g/mol. The fourth-order valence-electron chi connectivity index (χ4n) is 2.39. The molecule has 96 valence electrons. The van der Waals surface area contributed by atoms with Crippen LogP contribution in [-0.4, -0.2) is 34.5 Å².